The minimum Gasteiger partial charge on any atom is -0.398 e. The van der Waals surface area contributed by atoms with Crippen LogP contribution < -0.4 is 5.73 Å². The Morgan fingerprint density at radius 3 is 2.58 bits per heavy atom. The van der Waals surface area contributed by atoms with Crippen LogP contribution in [-0.4, -0.2) is 25.8 Å². The van der Waals surface area contributed by atoms with Crippen LogP contribution in [-0.2, 0) is 10.0 Å². The van der Waals surface area contributed by atoms with Crippen molar-refractivity contribution in [1.82, 2.24) is 4.31 Å². The van der Waals surface area contributed by atoms with Gasteiger partial charge in [0.25, 0.3) is 0 Å². The van der Waals surface area contributed by atoms with Gasteiger partial charge >= 0.3 is 0 Å². The third-order valence-electron chi connectivity index (χ3n) is 3.45. The molecule has 4 nitrogen and oxygen atoms in total. The average molecular weight is 286 g/mol. The second-order valence-corrected chi connectivity index (χ2v) is 6.94. The molecule has 1 saturated carbocycles. The lowest BCUT2D eigenvalue weighted by Gasteiger charge is -2.21. The molecule has 0 atom stereocenters. The van der Waals surface area contributed by atoms with Gasteiger partial charge in [-0.2, -0.15) is 4.31 Å². The van der Waals surface area contributed by atoms with Crippen LogP contribution in [0.25, 0.3) is 0 Å². The van der Waals surface area contributed by atoms with E-state index in [0.29, 0.717) is 30.3 Å². The van der Waals surface area contributed by atoms with E-state index in [1.807, 2.05) is 0 Å². The molecule has 1 fully saturated rings. The fourth-order valence-electron chi connectivity index (χ4n) is 1.99. The number of nitrogen functional groups attached to an aromatic ring is 1. The third kappa shape index (κ3) is 2.90. The normalized spacial score (nSPS) is 16.0. The first-order valence-electron chi connectivity index (χ1n) is 6.42. The van der Waals surface area contributed by atoms with Gasteiger partial charge in [-0.3, -0.25) is 0 Å². The van der Waals surface area contributed by atoms with Crippen molar-refractivity contribution >= 4 is 15.7 Å². The summed E-state index contributed by atoms with van der Waals surface area (Å²) in [6.45, 7) is 4.21. The van der Waals surface area contributed by atoms with Crippen LogP contribution >= 0.6 is 0 Å². The summed E-state index contributed by atoms with van der Waals surface area (Å²) in [5.41, 5.74) is 6.53. The van der Waals surface area contributed by atoms with E-state index in [1.54, 1.807) is 13.8 Å². The number of aryl methyl sites for hydroxylation is 1. The highest BCUT2D eigenvalue weighted by atomic mass is 32.2. The van der Waals surface area contributed by atoms with Crippen molar-refractivity contribution in [3.63, 3.8) is 0 Å². The highest BCUT2D eigenvalue weighted by Crippen LogP contribution is 2.32. The number of hydrogen-bond acceptors (Lipinski definition) is 3. The van der Waals surface area contributed by atoms with Gasteiger partial charge in [0.1, 0.15) is 10.7 Å². The maximum Gasteiger partial charge on any atom is 0.246 e. The molecule has 6 heteroatoms. The molecule has 0 spiro atoms. The number of benzene rings is 1. The minimum atomic E-state index is -3.80. The van der Waals surface area contributed by atoms with Crippen LogP contribution in [0, 0.1) is 18.7 Å². The molecule has 0 saturated heterocycles. The van der Waals surface area contributed by atoms with E-state index in [4.69, 9.17) is 5.73 Å². The second-order valence-electron chi connectivity index (χ2n) is 5.04. The molecule has 0 aliphatic heterocycles. The van der Waals surface area contributed by atoms with E-state index in [0.717, 1.165) is 12.8 Å². The molecule has 0 radical (unpaired) electrons. The first kappa shape index (κ1) is 14.3. The molecule has 0 aromatic heterocycles. The van der Waals surface area contributed by atoms with Crippen molar-refractivity contribution in [2.45, 2.75) is 31.6 Å². The van der Waals surface area contributed by atoms with E-state index in [-0.39, 0.29) is 4.90 Å². The van der Waals surface area contributed by atoms with Crippen molar-refractivity contribution < 1.29 is 12.8 Å². The molecule has 106 valence electrons. The van der Waals surface area contributed by atoms with Crippen LogP contribution in [0.3, 0.4) is 0 Å². The largest absolute Gasteiger partial charge is 0.398 e. The summed E-state index contributed by atoms with van der Waals surface area (Å²) in [5, 5.41) is 0. The first-order valence-corrected chi connectivity index (χ1v) is 7.86. The molecule has 0 unspecified atom stereocenters. The summed E-state index contributed by atoms with van der Waals surface area (Å²) in [6, 6.07) is 2.39. The predicted octanol–water partition coefficient (Wildman–Crippen LogP) is 2.14. The van der Waals surface area contributed by atoms with Crippen LogP contribution in [0.4, 0.5) is 10.1 Å². The predicted molar refractivity (Wildman–Crippen MR) is 72.7 cm³/mol. The van der Waals surface area contributed by atoms with Gasteiger partial charge in [0.2, 0.25) is 10.0 Å². The van der Waals surface area contributed by atoms with Gasteiger partial charge in [-0.05, 0) is 43.4 Å². The van der Waals surface area contributed by atoms with Gasteiger partial charge in [-0.25, -0.2) is 12.8 Å². The summed E-state index contributed by atoms with van der Waals surface area (Å²) in [4.78, 5) is -0.321. The van der Waals surface area contributed by atoms with Gasteiger partial charge in [0.15, 0.2) is 0 Å². The molecule has 19 heavy (non-hydrogen) atoms. The number of rotatable bonds is 5. The Labute approximate surface area is 113 Å². The standard InChI is InChI=1S/C13H19FN2O2S/c1-3-16(8-10-4-5-10)19(17,18)13-7-12(15)9(2)6-11(13)14/h6-7,10H,3-5,8,15H2,1-2H3. The van der Waals surface area contributed by atoms with Crippen molar-refractivity contribution in [2.75, 3.05) is 18.8 Å². The number of hydrogen-bond donors (Lipinski definition) is 1. The Hall–Kier alpha value is -1.14. The van der Waals surface area contributed by atoms with Crippen LogP contribution in [0.1, 0.15) is 25.3 Å². The van der Waals surface area contributed by atoms with Crippen molar-refractivity contribution in [2.24, 2.45) is 5.92 Å². The second kappa shape index (κ2) is 5.09. The van der Waals surface area contributed by atoms with Gasteiger partial charge in [-0.15, -0.1) is 0 Å². The molecular formula is C13H19FN2O2S. The molecule has 1 aromatic carbocycles. The molecule has 0 bridgehead atoms. The van der Waals surface area contributed by atoms with Gasteiger partial charge in [0.05, 0.1) is 0 Å². The van der Waals surface area contributed by atoms with E-state index in [1.165, 1.54) is 16.4 Å². The zero-order valence-electron chi connectivity index (χ0n) is 11.2. The summed E-state index contributed by atoms with van der Waals surface area (Å²) < 4.78 is 40.1. The Kier molecular flexibility index (Phi) is 3.82. The van der Waals surface area contributed by atoms with Crippen LogP contribution in [0.2, 0.25) is 0 Å². The molecule has 0 amide bonds. The van der Waals surface area contributed by atoms with Crippen LogP contribution in [0.5, 0.6) is 0 Å². The van der Waals surface area contributed by atoms with Crippen molar-refractivity contribution in [3.8, 4) is 0 Å². The third-order valence-corrected chi connectivity index (χ3v) is 5.41. The van der Waals surface area contributed by atoms with Gasteiger partial charge in [0, 0.05) is 18.8 Å². The molecule has 1 aliphatic carbocycles. The average Bonchev–Trinajstić information content (AvgIpc) is 3.14. The van der Waals surface area contributed by atoms with Crippen molar-refractivity contribution in [1.29, 1.82) is 0 Å². The van der Waals surface area contributed by atoms with Gasteiger partial charge in [-0.1, -0.05) is 6.92 Å². The zero-order valence-corrected chi connectivity index (χ0v) is 12.0. The summed E-state index contributed by atoms with van der Waals surface area (Å²) in [7, 11) is -3.80. The number of nitrogens with zero attached hydrogens (tertiary/aromatic N) is 1. The molecule has 0 heterocycles. The number of anilines is 1. The maximum absolute atomic E-state index is 13.9. The first-order chi connectivity index (χ1) is 8.86. The van der Waals surface area contributed by atoms with Crippen molar-refractivity contribution in [3.05, 3.63) is 23.5 Å². The highest BCUT2D eigenvalue weighted by molar-refractivity contribution is 7.89. The number of sulfonamides is 1. The number of nitrogens with two attached hydrogens (primary N) is 1. The van der Waals surface area contributed by atoms with Crippen LogP contribution in [0.15, 0.2) is 17.0 Å². The Morgan fingerprint density at radius 1 is 1.42 bits per heavy atom. The van der Waals surface area contributed by atoms with E-state index in [2.05, 4.69) is 0 Å². The Morgan fingerprint density at radius 2 is 2.05 bits per heavy atom. The monoisotopic (exact) mass is 286 g/mol. The fraction of sp³-hybridized carbons (Fsp3) is 0.538. The number of halogens is 1. The Balaban J connectivity index is 2.39. The minimum absolute atomic E-state index is 0.294. The van der Waals surface area contributed by atoms with E-state index < -0.39 is 15.8 Å². The smallest absolute Gasteiger partial charge is 0.246 e. The molecule has 1 aromatic rings. The zero-order chi connectivity index (χ0) is 14.2. The highest BCUT2D eigenvalue weighted by Gasteiger charge is 2.32. The fourth-order valence-corrected chi connectivity index (χ4v) is 3.60. The quantitative estimate of drug-likeness (QED) is 0.843. The topological polar surface area (TPSA) is 63.4 Å². The SMILES string of the molecule is CCN(CC1CC1)S(=O)(=O)c1cc(N)c(C)cc1F. The lowest BCUT2D eigenvalue weighted by atomic mass is 10.2. The van der Waals surface area contributed by atoms with Gasteiger partial charge < -0.3 is 5.73 Å². The molecule has 2 N–H and O–H groups in total. The molecule has 2 rings (SSSR count). The summed E-state index contributed by atoms with van der Waals surface area (Å²) in [5.74, 6) is -0.318. The summed E-state index contributed by atoms with van der Waals surface area (Å²) >= 11 is 0. The lowest BCUT2D eigenvalue weighted by Crippen LogP contribution is -2.33. The lowest BCUT2D eigenvalue weighted by molar-refractivity contribution is 0.408. The Bertz CT molecular complexity index is 583. The molecule has 1 aliphatic rings. The summed E-state index contributed by atoms with van der Waals surface area (Å²) in [6.07, 6.45) is 2.09. The van der Waals surface area contributed by atoms with E-state index in [9.17, 15) is 12.8 Å². The van der Waals surface area contributed by atoms with E-state index >= 15 is 0 Å². The molecular weight excluding hydrogens is 267 g/mol. The maximum atomic E-state index is 13.9.